The van der Waals surface area contributed by atoms with Crippen LogP contribution in [-0.4, -0.2) is 51.4 Å². The molecule has 11 heteroatoms. The Labute approximate surface area is 186 Å². The molecule has 0 amide bonds. The standard InChI is InChI=1S/C22H18FN3O7/c23-17-16(13-31-20(27)14-7-3-1-4-8-14)32-19(25-12-11-24-22(25)26(29)30)18(17)33-21(28)15-9-5-2-6-10-15/h1-12,16-19H,13H2/t16-,17+,18+,19-/m1/s1. The Kier molecular flexibility index (Phi) is 6.41. The summed E-state index contributed by atoms with van der Waals surface area (Å²) in [6, 6.07) is 16.0. The number of alkyl halides is 1. The third kappa shape index (κ3) is 4.72. The number of halogens is 1. The number of nitro groups is 1. The van der Waals surface area contributed by atoms with Crippen LogP contribution in [0.4, 0.5) is 10.3 Å². The molecule has 1 aromatic heterocycles. The maximum absolute atomic E-state index is 15.4. The second-order valence-corrected chi connectivity index (χ2v) is 7.10. The van der Waals surface area contributed by atoms with E-state index in [9.17, 15) is 19.7 Å². The number of carbonyl (C=O) groups is 2. The Morgan fingerprint density at radius 1 is 1.06 bits per heavy atom. The first-order chi connectivity index (χ1) is 16.0. The van der Waals surface area contributed by atoms with Crippen molar-refractivity contribution < 1.29 is 33.1 Å². The summed E-state index contributed by atoms with van der Waals surface area (Å²) in [7, 11) is 0. The van der Waals surface area contributed by atoms with Gasteiger partial charge in [-0.15, -0.1) is 0 Å². The number of nitrogens with zero attached hydrogens (tertiary/aromatic N) is 3. The van der Waals surface area contributed by atoms with Crippen LogP contribution in [0.3, 0.4) is 0 Å². The van der Waals surface area contributed by atoms with Crippen LogP contribution in [0.5, 0.6) is 0 Å². The molecule has 3 aromatic rings. The molecule has 2 aromatic carbocycles. The third-order valence-corrected chi connectivity index (χ3v) is 4.99. The Hall–Kier alpha value is -4.12. The third-order valence-electron chi connectivity index (χ3n) is 4.99. The van der Waals surface area contributed by atoms with Gasteiger partial charge < -0.3 is 24.3 Å². The van der Waals surface area contributed by atoms with Crippen LogP contribution >= 0.6 is 0 Å². The average Bonchev–Trinajstić information content (AvgIpc) is 3.44. The molecule has 0 N–H and O–H groups in total. The zero-order valence-electron chi connectivity index (χ0n) is 17.0. The first-order valence-corrected chi connectivity index (χ1v) is 9.90. The Balaban J connectivity index is 1.55. The highest BCUT2D eigenvalue weighted by Gasteiger charge is 2.52. The van der Waals surface area contributed by atoms with Gasteiger partial charge in [-0.2, -0.15) is 4.57 Å². The van der Waals surface area contributed by atoms with E-state index < -0.39 is 54.0 Å². The minimum absolute atomic E-state index is 0.169. The lowest BCUT2D eigenvalue weighted by molar-refractivity contribution is -0.398. The fourth-order valence-corrected chi connectivity index (χ4v) is 3.41. The molecule has 1 aliphatic heterocycles. The predicted octanol–water partition coefficient (Wildman–Crippen LogP) is 3.11. The topological polar surface area (TPSA) is 123 Å². The molecule has 0 bridgehead atoms. The largest absolute Gasteiger partial charge is 0.459 e. The van der Waals surface area contributed by atoms with E-state index in [1.54, 1.807) is 36.4 Å². The molecule has 1 saturated heterocycles. The van der Waals surface area contributed by atoms with Gasteiger partial charge in [-0.05, 0) is 29.2 Å². The summed E-state index contributed by atoms with van der Waals surface area (Å²) in [6.07, 6.45) is -3.85. The molecule has 170 valence electrons. The number of carbonyl (C=O) groups excluding carboxylic acids is 2. The van der Waals surface area contributed by atoms with E-state index in [1.165, 1.54) is 30.5 Å². The van der Waals surface area contributed by atoms with Crippen molar-refractivity contribution in [2.75, 3.05) is 6.61 Å². The highest BCUT2D eigenvalue weighted by molar-refractivity contribution is 5.89. The summed E-state index contributed by atoms with van der Waals surface area (Å²) in [5.41, 5.74) is 0.433. The van der Waals surface area contributed by atoms with Crippen LogP contribution in [0.2, 0.25) is 0 Å². The number of hydrogen-bond acceptors (Lipinski definition) is 8. The highest BCUT2D eigenvalue weighted by atomic mass is 19.1. The van der Waals surface area contributed by atoms with Gasteiger partial charge in [0.1, 0.15) is 25.1 Å². The van der Waals surface area contributed by atoms with Crippen LogP contribution < -0.4 is 0 Å². The van der Waals surface area contributed by atoms with Crippen molar-refractivity contribution in [2.24, 2.45) is 0 Å². The highest BCUT2D eigenvalue weighted by Crippen LogP contribution is 2.36. The van der Waals surface area contributed by atoms with Crippen molar-refractivity contribution in [1.29, 1.82) is 0 Å². The van der Waals surface area contributed by atoms with Crippen molar-refractivity contribution in [2.45, 2.75) is 24.6 Å². The van der Waals surface area contributed by atoms with Gasteiger partial charge in [0.15, 0.2) is 12.3 Å². The molecular formula is C22H18FN3O7. The Bertz CT molecular complexity index is 1140. The SMILES string of the molecule is O=C(OC[C@H]1O[C@@H](n2ccnc2[N+](=O)[O-])[C@@H](OC(=O)c2ccccc2)[C@H]1F)c1ccccc1. The number of ether oxygens (including phenoxy) is 3. The van der Waals surface area contributed by atoms with Gasteiger partial charge in [-0.25, -0.2) is 14.0 Å². The molecule has 2 heterocycles. The van der Waals surface area contributed by atoms with Crippen molar-refractivity contribution in [3.63, 3.8) is 0 Å². The number of rotatable bonds is 7. The smallest absolute Gasteiger partial charge is 0.436 e. The maximum atomic E-state index is 15.4. The van der Waals surface area contributed by atoms with Crippen LogP contribution in [-0.2, 0) is 14.2 Å². The van der Waals surface area contributed by atoms with E-state index in [-0.39, 0.29) is 11.1 Å². The molecule has 0 spiro atoms. The minimum atomic E-state index is -1.94. The fraction of sp³-hybridized carbons (Fsp3) is 0.227. The summed E-state index contributed by atoms with van der Waals surface area (Å²) in [4.78, 5) is 38.9. The first kappa shape index (κ1) is 22.1. The fourth-order valence-electron chi connectivity index (χ4n) is 3.41. The number of imidazole rings is 1. The Morgan fingerprint density at radius 3 is 2.27 bits per heavy atom. The van der Waals surface area contributed by atoms with Crippen LogP contribution in [0, 0.1) is 10.1 Å². The summed E-state index contributed by atoms with van der Waals surface area (Å²) < 4.78 is 32.5. The molecule has 0 aliphatic carbocycles. The molecule has 10 nitrogen and oxygen atoms in total. The molecule has 0 saturated carbocycles. The molecule has 1 fully saturated rings. The lowest BCUT2D eigenvalue weighted by atomic mass is 10.1. The van der Waals surface area contributed by atoms with Gasteiger partial charge in [-0.3, -0.25) is 0 Å². The summed E-state index contributed by atoms with van der Waals surface area (Å²) in [5.74, 6) is -2.14. The zero-order valence-corrected chi connectivity index (χ0v) is 17.0. The number of benzene rings is 2. The lowest BCUT2D eigenvalue weighted by Crippen LogP contribution is -2.35. The van der Waals surface area contributed by atoms with Gasteiger partial charge >= 0.3 is 17.9 Å². The zero-order chi connectivity index (χ0) is 23.4. The van der Waals surface area contributed by atoms with Crippen LogP contribution in [0.25, 0.3) is 0 Å². The van der Waals surface area contributed by atoms with E-state index in [4.69, 9.17) is 14.2 Å². The van der Waals surface area contributed by atoms with Crippen LogP contribution in [0.15, 0.2) is 73.1 Å². The van der Waals surface area contributed by atoms with Crippen molar-refractivity contribution in [3.05, 3.63) is 94.3 Å². The second-order valence-electron chi connectivity index (χ2n) is 7.10. The molecule has 0 radical (unpaired) electrons. The van der Waals surface area contributed by atoms with E-state index in [0.29, 0.717) is 0 Å². The summed E-state index contributed by atoms with van der Waals surface area (Å²) in [6.45, 7) is -0.493. The van der Waals surface area contributed by atoms with E-state index in [0.717, 1.165) is 10.8 Å². The van der Waals surface area contributed by atoms with Crippen LogP contribution in [0.1, 0.15) is 26.9 Å². The lowest BCUT2D eigenvalue weighted by Gasteiger charge is -2.19. The molecule has 4 rings (SSSR count). The molecule has 33 heavy (non-hydrogen) atoms. The summed E-state index contributed by atoms with van der Waals surface area (Å²) >= 11 is 0. The maximum Gasteiger partial charge on any atom is 0.436 e. The molecule has 1 aliphatic rings. The molecular weight excluding hydrogens is 437 g/mol. The summed E-state index contributed by atoms with van der Waals surface area (Å²) in [5, 5.41) is 11.3. The number of hydrogen-bond donors (Lipinski definition) is 0. The van der Waals surface area contributed by atoms with Gasteiger partial charge in [0.25, 0.3) is 0 Å². The Morgan fingerprint density at radius 2 is 1.67 bits per heavy atom. The second kappa shape index (κ2) is 9.57. The predicted molar refractivity (Wildman–Crippen MR) is 110 cm³/mol. The molecule has 0 unspecified atom stereocenters. The van der Waals surface area contributed by atoms with Crippen molar-refractivity contribution >= 4 is 17.9 Å². The van der Waals surface area contributed by atoms with Gasteiger partial charge in [0.05, 0.1) is 11.1 Å². The number of esters is 2. The van der Waals surface area contributed by atoms with Gasteiger partial charge in [0, 0.05) is 0 Å². The minimum Gasteiger partial charge on any atom is -0.459 e. The van der Waals surface area contributed by atoms with E-state index in [1.807, 2.05) is 0 Å². The first-order valence-electron chi connectivity index (χ1n) is 9.90. The van der Waals surface area contributed by atoms with Crippen molar-refractivity contribution in [1.82, 2.24) is 9.55 Å². The quantitative estimate of drug-likeness (QED) is 0.303. The molecule has 4 atom stereocenters. The van der Waals surface area contributed by atoms with E-state index in [2.05, 4.69) is 4.98 Å². The van der Waals surface area contributed by atoms with E-state index >= 15 is 4.39 Å². The van der Waals surface area contributed by atoms with Gasteiger partial charge in [0.2, 0.25) is 6.23 Å². The monoisotopic (exact) mass is 455 g/mol. The van der Waals surface area contributed by atoms with Crippen molar-refractivity contribution in [3.8, 4) is 0 Å². The van der Waals surface area contributed by atoms with Gasteiger partial charge in [-0.1, -0.05) is 41.4 Å². The number of aromatic nitrogens is 2. The average molecular weight is 455 g/mol. The normalized spacial score (nSPS) is 22.0.